The third-order valence-corrected chi connectivity index (χ3v) is 0.849. The lowest BCUT2D eigenvalue weighted by Gasteiger charge is -1.88. The standard InChI is InChI=1S/C6H6FN.H2O/c7-5-2-1-3-6(8)4-5;/h1-4H,8H2;1H2. The molecule has 50 valence electrons. The van der Waals surface area contributed by atoms with Gasteiger partial charge in [0.2, 0.25) is 0 Å². The van der Waals surface area contributed by atoms with Crippen LogP contribution < -0.4 is 5.73 Å². The zero-order valence-electron chi connectivity index (χ0n) is 4.76. The van der Waals surface area contributed by atoms with Gasteiger partial charge in [-0.1, -0.05) is 6.07 Å². The van der Waals surface area contributed by atoms with Crippen LogP contribution in [0.3, 0.4) is 0 Å². The van der Waals surface area contributed by atoms with Gasteiger partial charge in [-0.05, 0) is 18.2 Å². The number of nitrogen functional groups attached to an aromatic ring is 1. The topological polar surface area (TPSA) is 57.5 Å². The summed E-state index contributed by atoms with van der Waals surface area (Å²) < 4.78 is 12.1. The lowest BCUT2D eigenvalue weighted by Crippen LogP contribution is -1.83. The molecule has 0 bridgehead atoms. The fraction of sp³-hybridized carbons (Fsp3) is 0. The van der Waals surface area contributed by atoms with Crippen molar-refractivity contribution in [1.29, 1.82) is 0 Å². The quantitative estimate of drug-likeness (QED) is 0.512. The molecule has 0 amide bonds. The molecule has 4 N–H and O–H groups in total. The Labute approximate surface area is 52.4 Å². The molecule has 1 aromatic rings. The van der Waals surface area contributed by atoms with Crippen molar-refractivity contribution in [3.05, 3.63) is 30.1 Å². The van der Waals surface area contributed by atoms with Gasteiger partial charge in [0, 0.05) is 5.69 Å². The number of rotatable bonds is 0. The minimum atomic E-state index is -0.287. The van der Waals surface area contributed by atoms with E-state index < -0.39 is 0 Å². The Hall–Kier alpha value is -1.09. The van der Waals surface area contributed by atoms with E-state index in [-0.39, 0.29) is 11.3 Å². The highest BCUT2D eigenvalue weighted by Gasteiger charge is 1.85. The second kappa shape index (κ2) is 3.04. The van der Waals surface area contributed by atoms with Crippen LogP contribution >= 0.6 is 0 Å². The van der Waals surface area contributed by atoms with Crippen molar-refractivity contribution in [1.82, 2.24) is 0 Å². The number of nitrogens with two attached hydrogens (primary N) is 1. The third kappa shape index (κ3) is 2.10. The molecule has 1 aromatic carbocycles. The van der Waals surface area contributed by atoms with E-state index in [9.17, 15) is 4.39 Å². The molecule has 9 heavy (non-hydrogen) atoms. The lowest BCUT2D eigenvalue weighted by atomic mass is 10.3. The van der Waals surface area contributed by atoms with E-state index in [1.54, 1.807) is 12.1 Å². The Balaban J connectivity index is 0.000000640. The summed E-state index contributed by atoms with van der Waals surface area (Å²) in [6, 6.07) is 5.85. The molecule has 0 aliphatic heterocycles. The molecule has 2 nitrogen and oxygen atoms in total. The van der Waals surface area contributed by atoms with Gasteiger partial charge in [-0.15, -0.1) is 0 Å². The smallest absolute Gasteiger partial charge is 0.125 e. The predicted octanol–water partition coefficient (Wildman–Crippen LogP) is 0.583. The highest BCUT2D eigenvalue weighted by Crippen LogP contribution is 2.02. The maximum Gasteiger partial charge on any atom is 0.125 e. The molecule has 0 aliphatic carbocycles. The molecule has 0 saturated heterocycles. The highest BCUT2D eigenvalue weighted by atomic mass is 19.1. The van der Waals surface area contributed by atoms with E-state index in [4.69, 9.17) is 5.73 Å². The molecule has 0 radical (unpaired) electrons. The number of hydrogen-bond donors (Lipinski definition) is 1. The Morgan fingerprint density at radius 1 is 1.33 bits per heavy atom. The molecule has 0 unspecified atom stereocenters. The molecule has 1 rings (SSSR count). The fourth-order valence-electron chi connectivity index (χ4n) is 0.507. The average Bonchev–Trinajstić information content (AvgIpc) is 1.64. The van der Waals surface area contributed by atoms with Crippen LogP contribution in [0.2, 0.25) is 0 Å². The second-order valence-corrected chi connectivity index (χ2v) is 1.56. The van der Waals surface area contributed by atoms with Gasteiger partial charge >= 0.3 is 0 Å². The van der Waals surface area contributed by atoms with Gasteiger partial charge < -0.3 is 11.2 Å². The Morgan fingerprint density at radius 3 is 2.33 bits per heavy atom. The first-order valence-corrected chi connectivity index (χ1v) is 2.30. The van der Waals surface area contributed by atoms with Crippen LogP contribution in [-0.2, 0) is 0 Å². The molecule has 0 heterocycles. The van der Waals surface area contributed by atoms with Crippen molar-refractivity contribution in [3.8, 4) is 0 Å². The fourth-order valence-corrected chi connectivity index (χ4v) is 0.507. The number of hydrogen-bond acceptors (Lipinski definition) is 1. The molecular weight excluding hydrogens is 121 g/mol. The molecule has 0 atom stereocenters. The zero-order valence-corrected chi connectivity index (χ0v) is 4.76. The summed E-state index contributed by atoms with van der Waals surface area (Å²) in [6.45, 7) is 0. The number of anilines is 1. The summed E-state index contributed by atoms with van der Waals surface area (Å²) in [7, 11) is 0. The van der Waals surface area contributed by atoms with E-state index in [1.165, 1.54) is 12.1 Å². The van der Waals surface area contributed by atoms with Gasteiger partial charge in [0.15, 0.2) is 0 Å². The first-order valence-electron chi connectivity index (χ1n) is 2.30. The third-order valence-electron chi connectivity index (χ3n) is 0.849. The molecule has 0 saturated carbocycles. The average molecular weight is 129 g/mol. The van der Waals surface area contributed by atoms with Crippen LogP contribution in [0.15, 0.2) is 24.3 Å². The van der Waals surface area contributed by atoms with E-state index in [0.29, 0.717) is 5.69 Å². The molecule has 0 fully saturated rings. The van der Waals surface area contributed by atoms with E-state index in [0.717, 1.165) is 0 Å². The Kier molecular flexibility index (Phi) is 2.67. The van der Waals surface area contributed by atoms with Gasteiger partial charge in [-0.2, -0.15) is 0 Å². The van der Waals surface area contributed by atoms with Crippen LogP contribution in [0.1, 0.15) is 0 Å². The van der Waals surface area contributed by atoms with Crippen molar-refractivity contribution >= 4 is 5.69 Å². The second-order valence-electron chi connectivity index (χ2n) is 1.56. The van der Waals surface area contributed by atoms with E-state index in [1.807, 2.05) is 0 Å². The SMILES string of the molecule is Nc1cccc(F)c1.O. The largest absolute Gasteiger partial charge is 0.412 e. The summed E-state index contributed by atoms with van der Waals surface area (Å²) >= 11 is 0. The molecule has 0 aromatic heterocycles. The molecular formula is C6H8FNO. The van der Waals surface area contributed by atoms with Gasteiger partial charge in [-0.3, -0.25) is 0 Å². The van der Waals surface area contributed by atoms with Crippen LogP contribution in [0.4, 0.5) is 10.1 Å². The van der Waals surface area contributed by atoms with E-state index in [2.05, 4.69) is 0 Å². The first kappa shape index (κ1) is 7.91. The summed E-state index contributed by atoms with van der Waals surface area (Å²) in [5.74, 6) is -0.287. The lowest BCUT2D eigenvalue weighted by molar-refractivity contribution is 0.628. The summed E-state index contributed by atoms with van der Waals surface area (Å²) in [5.41, 5.74) is 5.68. The maximum atomic E-state index is 12.1. The minimum Gasteiger partial charge on any atom is -0.412 e. The van der Waals surface area contributed by atoms with Crippen LogP contribution in [0.25, 0.3) is 0 Å². The summed E-state index contributed by atoms with van der Waals surface area (Å²) in [5, 5.41) is 0. The van der Waals surface area contributed by atoms with Gasteiger partial charge in [0.05, 0.1) is 0 Å². The van der Waals surface area contributed by atoms with Crippen molar-refractivity contribution < 1.29 is 9.87 Å². The predicted molar refractivity (Wildman–Crippen MR) is 34.4 cm³/mol. The number of halogens is 1. The van der Waals surface area contributed by atoms with Crippen LogP contribution in [0, 0.1) is 5.82 Å². The van der Waals surface area contributed by atoms with Gasteiger partial charge in [-0.25, -0.2) is 4.39 Å². The Bertz CT molecular complexity index is 173. The first-order chi connectivity index (χ1) is 3.79. The zero-order chi connectivity index (χ0) is 5.98. The molecule has 0 aliphatic rings. The van der Waals surface area contributed by atoms with E-state index >= 15 is 0 Å². The molecule has 0 spiro atoms. The van der Waals surface area contributed by atoms with Gasteiger partial charge in [0.25, 0.3) is 0 Å². The Morgan fingerprint density at radius 2 is 2.00 bits per heavy atom. The van der Waals surface area contributed by atoms with Crippen molar-refractivity contribution in [3.63, 3.8) is 0 Å². The minimum absolute atomic E-state index is 0. The summed E-state index contributed by atoms with van der Waals surface area (Å²) in [4.78, 5) is 0. The van der Waals surface area contributed by atoms with Crippen molar-refractivity contribution in [2.45, 2.75) is 0 Å². The monoisotopic (exact) mass is 129 g/mol. The number of benzene rings is 1. The maximum absolute atomic E-state index is 12.1. The van der Waals surface area contributed by atoms with Crippen molar-refractivity contribution in [2.24, 2.45) is 0 Å². The normalized spacial score (nSPS) is 8.11. The van der Waals surface area contributed by atoms with Crippen LogP contribution in [-0.4, -0.2) is 5.48 Å². The van der Waals surface area contributed by atoms with Crippen molar-refractivity contribution in [2.75, 3.05) is 5.73 Å². The highest BCUT2D eigenvalue weighted by molar-refractivity contribution is 5.36. The van der Waals surface area contributed by atoms with Gasteiger partial charge in [0.1, 0.15) is 5.82 Å². The molecule has 3 heteroatoms. The summed E-state index contributed by atoms with van der Waals surface area (Å²) in [6.07, 6.45) is 0. The van der Waals surface area contributed by atoms with Crippen LogP contribution in [0.5, 0.6) is 0 Å².